The molecule has 2 aromatic rings. The summed E-state index contributed by atoms with van der Waals surface area (Å²) in [5, 5.41) is 7.32. The first kappa shape index (κ1) is 13.1. The molecule has 0 aliphatic rings. The standard InChI is InChI=1S/C14H17N3O2/c1-11-3-5-12(6-4-11)15-9-10-17-14(18)8-7-13(16-17)19-2/h3-8,15H,9-10H2,1-2H3. The minimum absolute atomic E-state index is 0.133. The minimum atomic E-state index is -0.133. The second-order valence-corrected chi connectivity index (χ2v) is 4.23. The van der Waals surface area contributed by atoms with Crippen molar-refractivity contribution >= 4 is 5.69 Å². The first-order valence-electron chi connectivity index (χ1n) is 6.12. The van der Waals surface area contributed by atoms with Gasteiger partial charge in [0.15, 0.2) is 0 Å². The summed E-state index contributed by atoms with van der Waals surface area (Å²) in [5.41, 5.74) is 2.12. The van der Waals surface area contributed by atoms with Crippen LogP contribution < -0.4 is 15.6 Å². The number of methoxy groups -OCH3 is 1. The molecular weight excluding hydrogens is 242 g/mol. The van der Waals surface area contributed by atoms with Gasteiger partial charge in [0.1, 0.15) is 0 Å². The largest absolute Gasteiger partial charge is 0.480 e. The molecule has 5 nitrogen and oxygen atoms in total. The molecule has 2 rings (SSSR count). The van der Waals surface area contributed by atoms with Crippen molar-refractivity contribution in [2.24, 2.45) is 0 Å². The molecular formula is C14H17N3O2. The highest BCUT2D eigenvalue weighted by Crippen LogP contribution is 2.08. The fraction of sp³-hybridized carbons (Fsp3) is 0.286. The van der Waals surface area contributed by atoms with Gasteiger partial charge >= 0.3 is 0 Å². The highest BCUT2D eigenvalue weighted by molar-refractivity contribution is 5.44. The van der Waals surface area contributed by atoms with Gasteiger partial charge in [-0.15, -0.1) is 5.10 Å². The van der Waals surface area contributed by atoms with Crippen LogP contribution in [0.2, 0.25) is 0 Å². The third-order valence-corrected chi connectivity index (χ3v) is 2.76. The summed E-state index contributed by atoms with van der Waals surface area (Å²) in [6.07, 6.45) is 0. The highest BCUT2D eigenvalue weighted by Gasteiger charge is 2.00. The van der Waals surface area contributed by atoms with E-state index in [0.717, 1.165) is 5.69 Å². The normalized spacial score (nSPS) is 10.2. The van der Waals surface area contributed by atoms with Crippen LogP contribution in [0.5, 0.6) is 5.88 Å². The lowest BCUT2D eigenvalue weighted by molar-refractivity contribution is 0.376. The number of anilines is 1. The highest BCUT2D eigenvalue weighted by atomic mass is 16.5. The molecule has 1 heterocycles. The lowest BCUT2D eigenvalue weighted by Crippen LogP contribution is -2.25. The fourth-order valence-electron chi connectivity index (χ4n) is 1.68. The lowest BCUT2D eigenvalue weighted by Gasteiger charge is -2.08. The number of rotatable bonds is 5. The summed E-state index contributed by atoms with van der Waals surface area (Å²) in [5.74, 6) is 0.440. The molecule has 1 aromatic heterocycles. The number of benzene rings is 1. The van der Waals surface area contributed by atoms with E-state index in [9.17, 15) is 4.79 Å². The second-order valence-electron chi connectivity index (χ2n) is 4.23. The monoisotopic (exact) mass is 259 g/mol. The summed E-state index contributed by atoms with van der Waals surface area (Å²) in [4.78, 5) is 11.6. The molecule has 0 aliphatic carbocycles. The third kappa shape index (κ3) is 3.58. The number of hydrogen-bond donors (Lipinski definition) is 1. The van der Waals surface area contributed by atoms with Crippen LogP contribution >= 0.6 is 0 Å². The van der Waals surface area contributed by atoms with Gasteiger partial charge in [0.25, 0.3) is 5.56 Å². The zero-order chi connectivity index (χ0) is 13.7. The number of hydrogen-bond acceptors (Lipinski definition) is 4. The van der Waals surface area contributed by atoms with Gasteiger partial charge in [-0.3, -0.25) is 4.79 Å². The maximum atomic E-state index is 11.6. The number of nitrogens with zero attached hydrogens (tertiary/aromatic N) is 2. The predicted octanol–water partition coefficient (Wildman–Crippen LogP) is 1.67. The van der Waals surface area contributed by atoms with E-state index in [1.807, 2.05) is 31.2 Å². The maximum absolute atomic E-state index is 11.6. The quantitative estimate of drug-likeness (QED) is 0.887. The van der Waals surface area contributed by atoms with Gasteiger partial charge in [-0.05, 0) is 19.1 Å². The van der Waals surface area contributed by atoms with Crippen molar-refractivity contribution in [3.63, 3.8) is 0 Å². The maximum Gasteiger partial charge on any atom is 0.267 e. The van der Waals surface area contributed by atoms with Gasteiger partial charge < -0.3 is 10.1 Å². The summed E-state index contributed by atoms with van der Waals surface area (Å²) < 4.78 is 6.39. The van der Waals surface area contributed by atoms with E-state index in [1.165, 1.54) is 23.4 Å². The van der Waals surface area contributed by atoms with Crippen molar-refractivity contribution in [3.05, 3.63) is 52.3 Å². The Morgan fingerprint density at radius 2 is 1.95 bits per heavy atom. The molecule has 0 radical (unpaired) electrons. The molecule has 0 saturated heterocycles. The Bertz CT molecular complexity index is 590. The Morgan fingerprint density at radius 3 is 2.63 bits per heavy atom. The molecule has 0 spiro atoms. The Kier molecular flexibility index (Phi) is 4.18. The number of ether oxygens (including phenoxy) is 1. The number of aryl methyl sites for hydroxylation is 1. The zero-order valence-electron chi connectivity index (χ0n) is 11.1. The summed E-state index contributed by atoms with van der Waals surface area (Å²) in [6.45, 7) is 3.16. The van der Waals surface area contributed by atoms with Crippen LogP contribution in [0.15, 0.2) is 41.2 Å². The van der Waals surface area contributed by atoms with Crippen molar-refractivity contribution in [1.82, 2.24) is 9.78 Å². The smallest absolute Gasteiger partial charge is 0.267 e. The molecule has 1 N–H and O–H groups in total. The minimum Gasteiger partial charge on any atom is -0.480 e. The zero-order valence-corrected chi connectivity index (χ0v) is 11.1. The van der Waals surface area contributed by atoms with Crippen molar-refractivity contribution in [2.45, 2.75) is 13.5 Å². The van der Waals surface area contributed by atoms with E-state index < -0.39 is 0 Å². The van der Waals surface area contributed by atoms with Crippen LogP contribution in [0.1, 0.15) is 5.56 Å². The van der Waals surface area contributed by atoms with E-state index >= 15 is 0 Å². The topological polar surface area (TPSA) is 56.1 Å². The average molecular weight is 259 g/mol. The van der Waals surface area contributed by atoms with Crippen LogP contribution in [0.25, 0.3) is 0 Å². The summed E-state index contributed by atoms with van der Waals surface area (Å²) in [7, 11) is 1.53. The van der Waals surface area contributed by atoms with Gasteiger partial charge in [0, 0.05) is 24.4 Å². The molecule has 0 unspecified atom stereocenters. The lowest BCUT2D eigenvalue weighted by atomic mass is 10.2. The fourth-order valence-corrected chi connectivity index (χ4v) is 1.68. The van der Waals surface area contributed by atoms with Crippen LogP contribution in [-0.4, -0.2) is 23.4 Å². The van der Waals surface area contributed by atoms with Crippen LogP contribution in [-0.2, 0) is 6.54 Å². The molecule has 0 bridgehead atoms. The number of nitrogens with one attached hydrogen (secondary N) is 1. The van der Waals surface area contributed by atoms with Crippen LogP contribution in [0.3, 0.4) is 0 Å². The SMILES string of the molecule is COc1ccc(=O)n(CCNc2ccc(C)cc2)n1. The molecule has 0 amide bonds. The molecule has 5 heteroatoms. The first-order valence-corrected chi connectivity index (χ1v) is 6.12. The molecule has 1 aromatic carbocycles. The van der Waals surface area contributed by atoms with Crippen LogP contribution in [0.4, 0.5) is 5.69 Å². The summed E-state index contributed by atoms with van der Waals surface area (Å²) >= 11 is 0. The van der Waals surface area contributed by atoms with Crippen molar-refractivity contribution in [2.75, 3.05) is 19.0 Å². The average Bonchev–Trinajstić information content (AvgIpc) is 2.43. The van der Waals surface area contributed by atoms with E-state index in [2.05, 4.69) is 10.4 Å². The Morgan fingerprint density at radius 1 is 1.21 bits per heavy atom. The molecule has 0 saturated carbocycles. The van der Waals surface area contributed by atoms with E-state index in [4.69, 9.17) is 4.74 Å². The molecule has 100 valence electrons. The van der Waals surface area contributed by atoms with Crippen molar-refractivity contribution in [3.8, 4) is 5.88 Å². The van der Waals surface area contributed by atoms with Gasteiger partial charge in [-0.2, -0.15) is 0 Å². The summed E-state index contributed by atoms with van der Waals surface area (Å²) in [6, 6.07) is 11.1. The van der Waals surface area contributed by atoms with Crippen LogP contribution in [0, 0.1) is 6.92 Å². The first-order chi connectivity index (χ1) is 9.19. The number of aromatic nitrogens is 2. The Balaban J connectivity index is 1.95. The molecule has 0 aliphatic heterocycles. The third-order valence-electron chi connectivity index (χ3n) is 2.76. The predicted molar refractivity (Wildman–Crippen MR) is 74.7 cm³/mol. The molecule has 0 fully saturated rings. The van der Waals surface area contributed by atoms with Gasteiger partial charge in [-0.1, -0.05) is 17.7 Å². The van der Waals surface area contributed by atoms with Gasteiger partial charge in [0.05, 0.1) is 13.7 Å². The van der Waals surface area contributed by atoms with Crippen molar-refractivity contribution in [1.29, 1.82) is 0 Å². The van der Waals surface area contributed by atoms with Crippen molar-refractivity contribution < 1.29 is 4.74 Å². The Labute approximate surface area is 111 Å². The molecule has 19 heavy (non-hydrogen) atoms. The Hall–Kier alpha value is -2.30. The van der Waals surface area contributed by atoms with E-state index in [0.29, 0.717) is 19.0 Å². The van der Waals surface area contributed by atoms with Gasteiger partial charge in [-0.25, -0.2) is 4.68 Å². The van der Waals surface area contributed by atoms with Gasteiger partial charge in [0.2, 0.25) is 5.88 Å². The second kappa shape index (κ2) is 6.04. The van der Waals surface area contributed by atoms with E-state index in [1.54, 1.807) is 6.07 Å². The molecule has 0 atom stereocenters. The van der Waals surface area contributed by atoms with E-state index in [-0.39, 0.29) is 5.56 Å².